The molecule has 8 heteroatoms. The number of rotatable bonds is 4. The number of anilines is 2. The number of likely N-dealkylation sites (tertiary alicyclic amines) is 1. The van der Waals surface area contributed by atoms with Crippen molar-refractivity contribution in [3.8, 4) is 5.75 Å². The Morgan fingerprint density at radius 2 is 1.94 bits per heavy atom. The van der Waals surface area contributed by atoms with Crippen molar-refractivity contribution >= 4 is 23.3 Å². The molecule has 164 valence electrons. The number of para-hydroxylation sites is 1. The highest BCUT2D eigenvalue weighted by atomic mass is 16.5. The second kappa shape index (κ2) is 8.95. The van der Waals surface area contributed by atoms with Crippen LogP contribution in [-0.4, -0.2) is 78.8 Å². The maximum Gasteiger partial charge on any atom is 0.321 e. The van der Waals surface area contributed by atoms with Gasteiger partial charge in [0.1, 0.15) is 5.75 Å². The lowest BCUT2D eigenvalue weighted by atomic mass is 10.1. The van der Waals surface area contributed by atoms with Gasteiger partial charge in [-0.1, -0.05) is 24.3 Å². The highest BCUT2D eigenvalue weighted by Gasteiger charge is 2.40. The molecule has 0 aliphatic carbocycles. The van der Waals surface area contributed by atoms with Gasteiger partial charge in [0, 0.05) is 37.1 Å². The molecule has 2 saturated heterocycles. The predicted octanol–water partition coefficient (Wildman–Crippen LogP) is 1.93. The number of carbonyl (C=O) groups is 2. The number of aryl methyl sites for hydroxylation is 1. The van der Waals surface area contributed by atoms with Gasteiger partial charge in [-0.05, 0) is 30.7 Å². The van der Waals surface area contributed by atoms with Crippen molar-refractivity contribution < 1.29 is 19.4 Å². The van der Waals surface area contributed by atoms with Crippen LogP contribution in [0.15, 0.2) is 48.5 Å². The molecule has 0 bridgehead atoms. The minimum Gasteiger partial charge on any atom is -0.497 e. The summed E-state index contributed by atoms with van der Waals surface area (Å²) in [7, 11) is 1.60. The number of ether oxygens (including phenoxy) is 1. The number of methoxy groups -OCH3 is 1. The summed E-state index contributed by atoms with van der Waals surface area (Å²) in [5.41, 5.74) is 2.54. The summed E-state index contributed by atoms with van der Waals surface area (Å²) in [6.45, 7) is 3.90. The first-order valence-electron chi connectivity index (χ1n) is 10.4. The van der Waals surface area contributed by atoms with E-state index in [-0.39, 0.29) is 31.1 Å². The van der Waals surface area contributed by atoms with E-state index in [1.54, 1.807) is 16.9 Å². The third-order valence-electron chi connectivity index (χ3n) is 6.02. The molecular formula is C23H28N4O4. The van der Waals surface area contributed by atoms with Crippen LogP contribution in [0.25, 0.3) is 0 Å². The number of benzene rings is 2. The molecule has 2 fully saturated rings. The Morgan fingerprint density at radius 3 is 2.68 bits per heavy atom. The van der Waals surface area contributed by atoms with Gasteiger partial charge in [0.2, 0.25) is 5.91 Å². The normalized spacial score (nSPS) is 22.0. The minimum atomic E-state index is -0.696. The number of carbonyl (C=O) groups excluding carboxylic acids is 2. The van der Waals surface area contributed by atoms with Crippen LogP contribution in [0.3, 0.4) is 0 Å². The fourth-order valence-corrected chi connectivity index (χ4v) is 4.23. The molecule has 2 aromatic rings. The molecule has 2 N–H and O–H groups in total. The Kier molecular flexibility index (Phi) is 6.11. The van der Waals surface area contributed by atoms with Crippen LogP contribution in [-0.2, 0) is 4.79 Å². The van der Waals surface area contributed by atoms with Crippen molar-refractivity contribution in [1.82, 2.24) is 9.80 Å². The maximum atomic E-state index is 12.8. The first-order chi connectivity index (χ1) is 15.0. The van der Waals surface area contributed by atoms with Gasteiger partial charge in [-0.25, -0.2) is 4.79 Å². The Balaban J connectivity index is 1.38. The number of urea groups is 1. The number of hydrogen-bond donors (Lipinski definition) is 2. The second-order valence-corrected chi connectivity index (χ2v) is 8.00. The zero-order valence-electron chi connectivity index (χ0n) is 17.8. The lowest BCUT2D eigenvalue weighted by Crippen LogP contribution is -2.56. The van der Waals surface area contributed by atoms with E-state index in [9.17, 15) is 14.7 Å². The fourth-order valence-electron chi connectivity index (χ4n) is 4.23. The smallest absolute Gasteiger partial charge is 0.321 e. The predicted molar refractivity (Wildman–Crippen MR) is 118 cm³/mol. The van der Waals surface area contributed by atoms with Gasteiger partial charge in [0.25, 0.3) is 0 Å². The molecule has 0 spiro atoms. The lowest BCUT2D eigenvalue weighted by molar-refractivity contribution is -0.122. The molecule has 31 heavy (non-hydrogen) atoms. The van der Waals surface area contributed by atoms with Crippen LogP contribution in [0.5, 0.6) is 5.75 Å². The van der Waals surface area contributed by atoms with Crippen LogP contribution in [0, 0.1) is 6.92 Å². The van der Waals surface area contributed by atoms with E-state index in [0.29, 0.717) is 25.4 Å². The summed E-state index contributed by atoms with van der Waals surface area (Å²) in [4.78, 5) is 30.9. The molecule has 0 aromatic heterocycles. The number of aliphatic hydroxyl groups is 1. The third kappa shape index (κ3) is 4.50. The van der Waals surface area contributed by atoms with E-state index >= 15 is 0 Å². The molecule has 8 nitrogen and oxygen atoms in total. The largest absolute Gasteiger partial charge is 0.497 e. The number of aliphatic hydroxyl groups excluding tert-OH is 1. The second-order valence-electron chi connectivity index (χ2n) is 8.00. The van der Waals surface area contributed by atoms with Crippen LogP contribution in [0.1, 0.15) is 5.56 Å². The summed E-state index contributed by atoms with van der Waals surface area (Å²) in [5.74, 6) is 0.670. The van der Waals surface area contributed by atoms with Gasteiger partial charge in [-0.3, -0.25) is 9.69 Å². The number of hydrogen-bond acceptors (Lipinski definition) is 5. The average Bonchev–Trinajstić information content (AvgIpc) is 3.17. The molecule has 0 radical (unpaired) electrons. The van der Waals surface area contributed by atoms with E-state index in [1.165, 1.54) is 0 Å². The van der Waals surface area contributed by atoms with E-state index in [2.05, 4.69) is 5.32 Å². The van der Waals surface area contributed by atoms with Crippen LogP contribution >= 0.6 is 0 Å². The molecule has 2 aromatic carbocycles. The van der Waals surface area contributed by atoms with Crippen molar-refractivity contribution in [2.24, 2.45) is 0 Å². The Morgan fingerprint density at radius 1 is 1.13 bits per heavy atom. The first kappa shape index (κ1) is 21.1. The van der Waals surface area contributed by atoms with Crippen molar-refractivity contribution in [1.29, 1.82) is 0 Å². The lowest BCUT2D eigenvalue weighted by Gasteiger charge is -2.38. The molecule has 2 heterocycles. The van der Waals surface area contributed by atoms with Gasteiger partial charge in [0.05, 0.1) is 32.3 Å². The maximum absolute atomic E-state index is 12.8. The highest BCUT2D eigenvalue weighted by molar-refractivity contribution is 5.95. The van der Waals surface area contributed by atoms with E-state index in [1.807, 2.05) is 60.4 Å². The Bertz CT molecular complexity index is 966. The Labute approximate surface area is 182 Å². The number of nitrogens with one attached hydrogen (secondary N) is 1. The van der Waals surface area contributed by atoms with Gasteiger partial charge in [-0.2, -0.15) is 0 Å². The molecule has 2 aliphatic heterocycles. The molecule has 2 atom stereocenters. The standard InChI is InChI=1S/C23H28N4O4/c1-16-6-3-4-9-19(16)24-23(30)26-13-20(21(28)14-26)25-10-11-27(22(29)15-25)17-7-5-8-18(12-17)31-2/h3-9,12,20-21,28H,10-11,13-15H2,1-2H3,(H,24,30)/t20-,21-/m0/s1. The summed E-state index contributed by atoms with van der Waals surface area (Å²) >= 11 is 0. The highest BCUT2D eigenvalue weighted by Crippen LogP contribution is 2.25. The molecule has 2 aliphatic rings. The number of amides is 3. The SMILES string of the molecule is COc1cccc(N2CCN([C@H]3CN(C(=O)Nc4ccccc4C)C[C@@H]3O)CC2=O)c1. The van der Waals surface area contributed by atoms with Crippen LogP contribution < -0.4 is 15.0 Å². The van der Waals surface area contributed by atoms with E-state index in [4.69, 9.17) is 4.74 Å². The zero-order valence-corrected chi connectivity index (χ0v) is 17.8. The third-order valence-corrected chi connectivity index (χ3v) is 6.02. The van der Waals surface area contributed by atoms with Gasteiger partial charge < -0.3 is 25.0 Å². The Hall–Kier alpha value is -3.10. The van der Waals surface area contributed by atoms with Crippen molar-refractivity contribution in [2.45, 2.75) is 19.1 Å². The van der Waals surface area contributed by atoms with Gasteiger partial charge in [-0.15, -0.1) is 0 Å². The van der Waals surface area contributed by atoms with Gasteiger partial charge >= 0.3 is 6.03 Å². The quantitative estimate of drug-likeness (QED) is 0.784. The fraction of sp³-hybridized carbons (Fsp3) is 0.391. The summed E-state index contributed by atoms with van der Waals surface area (Å²) < 4.78 is 5.26. The summed E-state index contributed by atoms with van der Waals surface area (Å²) in [5, 5.41) is 13.5. The summed E-state index contributed by atoms with van der Waals surface area (Å²) in [6, 6.07) is 14.5. The molecule has 0 saturated carbocycles. The minimum absolute atomic E-state index is 0.0329. The van der Waals surface area contributed by atoms with Crippen LogP contribution in [0.2, 0.25) is 0 Å². The van der Waals surface area contributed by atoms with Gasteiger partial charge in [0.15, 0.2) is 0 Å². The van der Waals surface area contributed by atoms with Crippen molar-refractivity contribution in [2.75, 3.05) is 50.1 Å². The molecule has 3 amide bonds. The number of piperazine rings is 1. The number of nitrogens with zero attached hydrogens (tertiary/aromatic N) is 3. The molecular weight excluding hydrogens is 396 g/mol. The average molecular weight is 425 g/mol. The van der Waals surface area contributed by atoms with E-state index < -0.39 is 6.10 Å². The van der Waals surface area contributed by atoms with Crippen LogP contribution in [0.4, 0.5) is 16.2 Å². The first-order valence-corrected chi connectivity index (χ1v) is 10.4. The van der Waals surface area contributed by atoms with E-state index in [0.717, 1.165) is 16.9 Å². The summed E-state index contributed by atoms with van der Waals surface area (Å²) in [6.07, 6.45) is -0.696. The zero-order chi connectivity index (χ0) is 22.0. The molecule has 4 rings (SSSR count). The molecule has 0 unspecified atom stereocenters. The van der Waals surface area contributed by atoms with Crippen molar-refractivity contribution in [3.63, 3.8) is 0 Å². The van der Waals surface area contributed by atoms with Crippen molar-refractivity contribution in [3.05, 3.63) is 54.1 Å². The number of β-amino-alcohol motifs (C(OH)–C–C–N with tert-alkyl or cyclic N) is 1. The topological polar surface area (TPSA) is 85.3 Å². The monoisotopic (exact) mass is 424 g/mol.